The Bertz CT molecular complexity index is 373. The molecular formula is C11H14N2O2. The third-order valence-electron chi connectivity index (χ3n) is 2.74. The van der Waals surface area contributed by atoms with Gasteiger partial charge in [0.15, 0.2) is 0 Å². The minimum Gasteiger partial charge on any atom is -0.396 e. The Morgan fingerprint density at radius 1 is 1.67 bits per heavy atom. The highest BCUT2D eigenvalue weighted by Gasteiger charge is 2.31. The normalized spacial score (nSPS) is 16.3. The van der Waals surface area contributed by atoms with Gasteiger partial charge in [0.25, 0.3) is 5.91 Å². The van der Waals surface area contributed by atoms with Crippen molar-refractivity contribution < 1.29 is 9.90 Å². The van der Waals surface area contributed by atoms with Gasteiger partial charge in [0.05, 0.1) is 5.56 Å². The van der Waals surface area contributed by atoms with Gasteiger partial charge in [0, 0.05) is 37.5 Å². The molecule has 1 N–H and O–H groups in total. The number of carbonyl (C=O) groups is 1. The third kappa shape index (κ3) is 1.85. The molecule has 1 saturated heterocycles. The Hall–Kier alpha value is -1.42. The lowest BCUT2D eigenvalue weighted by Gasteiger charge is -2.38. The van der Waals surface area contributed by atoms with Crippen molar-refractivity contribution in [1.82, 2.24) is 9.88 Å². The first-order chi connectivity index (χ1) is 7.22. The van der Waals surface area contributed by atoms with Crippen LogP contribution >= 0.6 is 0 Å². The van der Waals surface area contributed by atoms with Crippen LogP contribution in [-0.4, -0.2) is 40.6 Å². The molecule has 15 heavy (non-hydrogen) atoms. The van der Waals surface area contributed by atoms with Gasteiger partial charge in [-0.3, -0.25) is 9.78 Å². The molecule has 80 valence electrons. The van der Waals surface area contributed by atoms with E-state index in [9.17, 15) is 4.79 Å². The van der Waals surface area contributed by atoms with Gasteiger partial charge >= 0.3 is 0 Å². The van der Waals surface area contributed by atoms with Gasteiger partial charge in [-0.1, -0.05) is 0 Å². The molecule has 0 radical (unpaired) electrons. The molecule has 0 atom stereocenters. The van der Waals surface area contributed by atoms with Crippen LogP contribution in [0.1, 0.15) is 16.1 Å². The number of amides is 1. The smallest absolute Gasteiger partial charge is 0.255 e. The van der Waals surface area contributed by atoms with E-state index in [1.807, 2.05) is 6.92 Å². The number of aryl methyl sites for hydroxylation is 1. The van der Waals surface area contributed by atoms with E-state index in [0.717, 1.165) is 5.69 Å². The summed E-state index contributed by atoms with van der Waals surface area (Å²) in [5.74, 6) is 0.274. The van der Waals surface area contributed by atoms with Crippen LogP contribution in [0, 0.1) is 12.8 Å². The summed E-state index contributed by atoms with van der Waals surface area (Å²) < 4.78 is 0. The van der Waals surface area contributed by atoms with E-state index in [1.54, 1.807) is 23.2 Å². The lowest BCUT2D eigenvalue weighted by atomic mass is 10.00. The maximum absolute atomic E-state index is 11.9. The van der Waals surface area contributed by atoms with Crippen molar-refractivity contribution in [3.8, 4) is 0 Å². The lowest BCUT2D eigenvalue weighted by Crippen LogP contribution is -2.51. The van der Waals surface area contributed by atoms with Gasteiger partial charge in [0.2, 0.25) is 0 Å². The molecule has 0 aliphatic carbocycles. The average Bonchev–Trinajstić information content (AvgIpc) is 2.16. The van der Waals surface area contributed by atoms with Crippen LogP contribution in [0.25, 0.3) is 0 Å². The summed E-state index contributed by atoms with van der Waals surface area (Å²) >= 11 is 0. The maximum atomic E-state index is 11.9. The molecular weight excluding hydrogens is 192 g/mol. The summed E-state index contributed by atoms with van der Waals surface area (Å²) in [6, 6.07) is 3.56. The fraction of sp³-hybridized carbons (Fsp3) is 0.455. The largest absolute Gasteiger partial charge is 0.396 e. The zero-order chi connectivity index (χ0) is 10.8. The van der Waals surface area contributed by atoms with Crippen LogP contribution in [0.2, 0.25) is 0 Å². The second kappa shape index (κ2) is 3.98. The number of carbonyl (C=O) groups excluding carboxylic acids is 1. The summed E-state index contributed by atoms with van der Waals surface area (Å²) in [4.78, 5) is 17.7. The number of pyridine rings is 1. The van der Waals surface area contributed by atoms with E-state index in [2.05, 4.69) is 4.98 Å². The molecule has 0 spiro atoms. The minimum atomic E-state index is 0.0188. The Kier molecular flexibility index (Phi) is 2.68. The number of hydrogen-bond donors (Lipinski definition) is 1. The van der Waals surface area contributed by atoms with Crippen molar-refractivity contribution in [2.24, 2.45) is 5.92 Å². The Balaban J connectivity index is 2.07. The second-order valence-electron chi connectivity index (χ2n) is 3.90. The summed E-state index contributed by atoms with van der Waals surface area (Å²) in [7, 11) is 0. The highest BCUT2D eigenvalue weighted by atomic mass is 16.3. The molecule has 2 heterocycles. The molecule has 1 aromatic heterocycles. The Morgan fingerprint density at radius 2 is 2.40 bits per heavy atom. The molecule has 0 saturated carbocycles. The molecule has 4 nitrogen and oxygen atoms in total. The van der Waals surface area contributed by atoms with Gasteiger partial charge in [-0.15, -0.1) is 0 Å². The van der Waals surface area contributed by atoms with Gasteiger partial charge < -0.3 is 10.0 Å². The summed E-state index contributed by atoms with van der Waals surface area (Å²) in [6.07, 6.45) is 1.68. The number of nitrogens with zero attached hydrogens (tertiary/aromatic N) is 2. The van der Waals surface area contributed by atoms with Crippen LogP contribution in [0.3, 0.4) is 0 Å². The fourth-order valence-electron chi connectivity index (χ4n) is 1.73. The summed E-state index contributed by atoms with van der Waals surface area (Å²) in [6.45, 7) is 3.31. The van der Waals surface area contributed by atoms with E-state index in [1.165, 1.54) is 0 Å². The maximum Gasteiger partial charge on any atom is 0.255 e. The van der Waals surface area contributed by atoms with Gasteiger partial charge in [-0.2, -0.15) is 0 Å². The second-order valence-corrected chi connectivity index (χ2v) is 3.90. The minimum absolute atomic E-state index is 0.0188. The van der Waals surface area contributed by atoms with E-state index in [0.29, 0.717) is 18.7 Å². The SMILES string of the molecule is Cc1ncccc1C(=O)N1CC(CO)C1. The number of hydrogen-bond acceptors (Lipinski definition) is 3. The third-order valence-corrected chi connectivity index (χ3v) is 2.74. The molecule has 2 rings (SSSR count). The topological polar surface area (TPSA) is 53.4 Å². The van der Waals surface area contributed by atoms with Crippen LogP contribution in [0.4, 0.5) is 0 Å². The average molecular weight is 206 g/mol. The van der Waals surface area contributed by atoms with E-state index >= 15 is 0 Å². The Labute approximate surface area is 88.6 Å². The molecule has 1 fully saturated rings. The van der Waals surface area contributed by atoms with Crippen molar-refractivity contribution in [2.75, 3.05) is 19.7 Å². The number of aliphatic hydroxyl groups is 1. The number of aromatic nitrogens is 1. The van der Waals surface area contributed by atoms with Crippen molar-refractivity contribution >= 4 is 5.91 Å². The van der Waals surface area contributed by atoms with Crippen molar-refractivity contribution in [2.45, 2.75) is 6.92 Å². The molecule has 4 heteroatoms. The van der Waals surface area contributed by atoms with E-state index < -0.39 is 0 Å². The molecule has 0 unspecified atom stereocenters. The zero-order valence-electron chi connectivity index (χ0n) is 8.68. The number of likely N-dealkylation sites (tertiary alicyclic amines) is 1. The highest BCUT2D eigenvalue weighted by molar-refractivity contribution is 5.95. The predicted molar refractivity (Wildman–Crippen MR) is 55.5 cm³/mol. The van der Waals surface area contributed by atoms with Crippen molar-refractivity contribution in [3.63, 3.8) is 0 Å². The zero-order valence-corrected chi connectivity index (χ0v) is 8.68. The van der Waals surface area contributed by atoms with Crippen LogP contribution in [0.15, 0.2) is 18.3 Å². The number of aliphatic hydroxyl groups excluding tert-OH is 1. The first kappa shape index (κ1) is 10.1. The standard InChI is InChI=1S/C11H14N2O2/c1-8-10(3-2-4-12-8)11(15)13-5-9(6-13)7-14/h2-4,9,14H,5-7H2,1H3. The first-order valence-electron chi connectivity index (χ1n) is 5.04. The molecule has 1 aliphatic rings. The molecule has 0 aromatic carbocycles. The first-order valence-corrected chi connectivity index (χ1v) is 5.04. The van der Waals surface area contributed by atoms with Crippen LogP contribution in [0.5, 0.6) is 0 Å². The van der Waals surface area contributed by atoms with E-state index in [4.69, 9.17) is 5.11 Å². The highest BCUT2D eigenvalue weighted by Crippen LogP contribution is 2.18. The Morgan fingerprint density at radius 3 is 3.00 bits per heavy atom. The number of rotatable bonds is 2. The van der Waals surface area contributed by atoms with E-state index in [-0.39, 0.29) is 18.4 Å². The van der Waals surface area contributed by atoms with Gasteiger partial charge in [-0.25, -0.2) is 0 Å². The molecule has 0 bridgehead atoms. The fourth-order valence-corrected chi connectivity index (χ4v) is 1.73. The van der Waals surface area contributed by atoms with Gasteiger partial charge in [-0.05, 0) is 19.1 Å². The molecule has 1 aliphatic heterocycles. The molecule has 1 aromatic rings. The van der Waals surface area contributed by atoms with Gasteiger partial charge in [0.1, 0.15) is 0 Å². The van der Waals surface area contributed by atoms with Crippen molar-refractivity contribution in [3.05, 3.63) is 29.6 Å². The monoisotopic (exact) mass is 206 g/mol. The summed E-state index contributed by atoms with van der Waals surface area (Å²) in [5.41, 5.74) is 1.42. The lowest BCUT2D eigenvalue weighted by molar-refractivity contribution is 0.0361. The van der Waals surface area contributed by atoms with Crippen LogP contribution in [-0.2, 0) is 0 Å². The van der Waals surface area contributed by atoms with Crippen LogP contribution < -0.4 is 0 Å². The predicted octanol–water partition coefficient (Wildman–Crippen LogP) is 0.454. The van der Waals surface area contributed by atoms with Crippen molar-refractivity contribution in [1.29, 1.82) is 0 Å². The molecule has 1 amide bonds. The quantitative estimate of drug-likeness (QED) is 0.764. The summed E-state index contributed by atoms with van der Waals surface area (Å²) in [5, 5.41) is 8.86.